The van der Waals surface area contributed by atoms with Crippen molar-refractivity contribution < 1.29 is 19.5 Å². The van der Waals surface area contributed by atoms with E-state index in [1.807, 2.05) is 32.0 Å². The van der Waals surface area contributed by atoms with Crippen molar-refractivity contribution in [1.82, 2.24) is 10.2 Å². The molecular weight excluding hydrogens is 394 g/mol. The van der Waals surface area contributed by atoms with E-state index >= 15 is 0 Å². The molecule has 31 heavy (non-hydrogen) atoms. The second-order valence-electron chi connectivity index (χ2n) is 8.05. The standard InChI is InChI=1S/C24H29N3O4/c1-16-4-3-5-17(2)23(16)26-22(29)15-27(20-10-11-20)13-12-21(28)25-14-18-6-8-19(9-7-18)24(30)31/h3-9,20H,10-15H2,1-2H3,(H,25,28)(H,26,29)(H,30,31). The molecule has 3 N–H and O–H groups in total. The molecule has 2 aromatic carbocycles. The first-order valence-corrected chi connectivity index (χ1v) is 10.5. The summed E-state index contributed by atoms with van der Waals surface area (Å²) in [4.78, 5) is 37.8. The number of hydrogen-bond acceptors (Lipinski definition) is 4. The Morgan fingerprint density at radius 3 is 2.23 bits per heavy atom. The van der Waals surface area contributed by atoms with Crippen LogP contribution in [0.4, 0.5) is 5.69 Å². The summed E-state index contributed by atoms with van der Waals surface area (Å²) >= 11 is 0. The number of hydrogen-bond donors (Lipinski definition) is 3. The van der Waals surface area contributed by atoms with Crippen molar-refractivity contribution >= 4 is 23.5 Å². The van der Waals surface area contributed by atoms with Gasteiger partial charge in [-0.1, -0.05) is 30.3 Å². The number of anilines is 1. The number of carboxylic acids is 1. The maximum atomic E-state index is 12.6. The zero-order valence-electron chi connectivity index (χ0n) is 18.0. The molecule has 0 radical (unpaired) electrons. The smallest absolute Gasteiger partial charge is 0.335 e. The van der Waals surface area contributed by atoms with E-state index < -0.39 is 5.97 Å². The lowest BCUT2D eigenvalue weighted by Gasteiger charge is -2.22. The van der Waals surface area contributed by atoms with Crippen molar-refractivity contribution in [3.63, 3.8) is 0 Å². The number of amides is 2. The van der Waals surface area contributed by atoms with E-state index in [9.17, 15) is 14.4 Å². The van der Waals surface area contributed by atoms with Gasteiger partial charge in [0.2, 0.25) is 11.8 Å². The summed E-state index contributed by atoms with van der Waals surface area (Å²) < 4.78 is 0. The average Bonchev–Trinajstić information content (AvgIpc) is 3.58. The van der Waals surface area contributed by atoms with Gasteiger partial charge in [-0.25, -0.2) is 4.79 Å². The highest BCUT2D eigenvalue weighted by molar-refractivity contribution is 5.93. The lowest BCUT2D eigenvalue weighted by Crippen LogP contribution is -2.38. The van der Waals surface area contributed by atoms with Gasteiger partial charge < -0.3 is 15.7 Å². The van der Waals surface area contributed by atoms with Crippen molar-refractivity contribution in [2.45, 2.75) is 45.7 Å². The molecule has 0 heterocycles. The zero-order chi connectivity index (χ0) is 22.4. The van der Waals surface area contributed by atoms with Gasteiger partial charge in [0.25, 0.3) is 0 Å². The molecule has 0 spiro atoms. The minimum Gasteiger partial charge on any atom is -0.478 e. The third-order valence-electron chi connectivity index (χ3n) is 5.47. The highest BCUT2D eigenvalue weighted by atomic mass is 16.4. The Labute approximate surface area is 182 Å². The van der Waals surface area contributed by atoms with Crippen LogP contribution in [0.2, 0.25) is 0 Å². The minimum atomic E-state index is -0.975. The fourth-order valence-corrected chi connectivity index (χ4v) is 3.50. The third-order valence-corrected chi connectivity index (χ3v) is 5.47. The number of rotatable bonds is 10. The number of nitrogens with zero attached hydrogens (tertiary/aromatic N) is 1. The molecule has 7 heteroatoms. The minimum absolute atomic E-state index is 0.0665. The van der Waals surface area contributed by atoms with Gasteiger partial charge >= 0.3 is 5.97 Å². The molecule has 0 bridgehead atoms. The summed E-state index contributed by atoms with van der Waals surface area (Å²) in [5, 5.41) is 14.8. The van der Waals surface area contributed by atoms with Gasteiger partial charge in [0.15, 0.2) is 0 Å². The predicted molar refractivity (Wildman–Crippen MR) is 119 cm³/mol. The summed E-state index contributed by atoms with van der Waals surface area (Å²) in [7, 11) is 0. The molecule has 1 aliphatic rings. The van der Waals surface area contributed by atoms with E-state index in [1.54, 1.807) is 12.1 Å². The van der Waals surface area contributed by atoms with E-state index in [0.29, 0.717) is 25.6 Å². The molecule has 7 nitrogen and oxygen atoms in total. The van der Waals surface area contributed by atoms with E-state index in [4.69, 9.17) is 5.11 Å². The molecule has 0 atom stereocenters. The zero-order valence-corrected chi connectivity index (χ0v) is 18.0. The molecule has 2 amide bonds. The van der Waals surface area contributed by atoms with Crippen LogP contribution in [0.3, 0.4) is 0 Å². The number of aryl methyl sites for hydroxylation is 2. The highest BCUT2D eigenvalue weighted by Gasteiger charge is 2.30. The number of carboxylic acid groups (broad SMARTS) is 1. The normalized spacial score (nSPS) is 13.1. The van der Waals surface area contributed by atoms with E-state index in [2.05, 4.69) is 15.5 Å². The average molecular weight is 424 g/mol. The van der Waals surface area contributed by atoms with Gasteiger partial charge in [0, 0.05) is 31.2 Å². The molecule has 1 aliphatic carbocycles. The Morgan fingerprint density at radius 2 is 1.65 bits per heavy atom. The third kappa shape index (κ3) is 6.65. The number of carbonyl (C=O) groups is 3. The number of nitrogens with one attached hydrogen (secondary N) is 2. The van der Waals surface area contributed by atoms with Gasteiger partial charge in [0.05, 0.1) is 12.1 Å². The van der Waals surface area contributed by atoms with E-state index in [1.165, 1.54) is 12.1 Å². The first-order valence-electron chi connectivity index (χ1n) is 10.5. The molecule has 0 saturated heterocycles. The summed E-state index contributed by atoms with van der Waals surface area (Å²) in [6, 6.07) is 12.7. The lowest BCUT2D eigenvalue weighted by atomic mass is 10.1. The number of aromatic carboxylic acids is 1. The fourth-order valence-electron chi connectivity index (χ4n) is 3.50. The quantitative estimate of drug-likeness (QED) is 0.545. The Morgan fingerprint density at radius 1 is 1.00 bits per heavy atom. The Balaban J connectivity index is 1.46. The summed E-state index contributed by atoms with van der Waals surface area (Å²) in [5.41, 5.74) is 3.97. The summed E-state index contributed by atoms with van der Waals surface area (Å²) in [5.74, 6) is -1.14. The van der Waals surface area contributed by atoms with Crippen LogP contribution in [0.15, 0.2) is 42.5 Å². The van der Waals surface area contributed by atoms with Gasteiger partial charge in [-0.2, -0.15) is 0 Å². The van der Waals surface area contributed by atoms with Crippen LogP contribution in [-0.4, -0.2) is 46.9 Å². The molecule has 164 valence electrons. The highest BCUT2D eigenvalue weighted by Crippen LogP contribution is 2.27. The first kappa shape index (κ1) is 22.5. The molecule has 2 aromatic rings. The SMILES string of the molecule is Cc1cccc(C)c1NC(=O)CN(CCC(=O)NCc1ccc(C(=O)O)cc1)C1CC1. The van der Waals surface area contributed by atoms with Crippen LogP contribution in [0.25, 0.3) is 0 Å². The van der Waals surface area contributed by atoms with Crippen LogP contribution < -0.4 is 10.6 Å². The Bertz CT molecular complexity index is 932. The van der Waals surface area contributed by atoms with E-state index in [0.717, 1.165) is 35.2 Å². The van der Waals surface area contributed by atoms with Crippen LogP contribution in [0.1, 0.15) is 46.3 Å². The fraction of sp³-hybridized carbons (Fsp3) is 0.375. The molecule has 1 saturated carbocycles. The van der Waals surface area contributed by atoms with Crippen molar-refractivity contribution in [1.29, 1.82) is 0 Å². The number of para-hydroxylation sites is 1. The van der Waals surface area contributed by atoms with Crippen LogP contribution in [0.5, 0.6) is 0 Å². The van der Waals surface area contributed by atoms with Gasteiger partial charge in [-0.05, 0) is 55.5 Å². The van der Waals surface area contributed by atoms with Crippen LogP contribution in [-0.2, 0) is 16.1 Å². The van der Waals surface area contributed by atoms with Crippen molar-refractivity contribution in [3.8, 4) is 0 Å². The maximum absolute atomic E-state index is 12.6. The second-order valence-corrected chi connectivity index (χ2v) is 8.05. The molecule has 0 unspecified atom stereocenters. The molecule has 0 aliphatic heterocycles. The molecular formula is C24H29N3O4. The lowest BCUT2D eigenvalue weighted by molar-refractivity contribution is -0.122. The summed E-state index contributed by atoms with van der Waals surface area (Å²) in [6.07, 6.45) is 2.41. The Kier molecular flexibility index (Phi) is 7.41. The molecule has 0 aromatic heterocycles. The predicted octanol–water partition coefficient (Wildman–Crippen LogP) is 3.11. The number of carbonyl (C=O) groups excluding carboxylic acids is 2. The van der Waals surface area contributed by atoms with Gasteiger partial charge in [-0.15, -0.1) is 0 Å². The van der Waals surface area contributed by atoms with E-state index in [-0.39, 0.29) is 23.9 Å². The molecule has 1 fully saturated rings. The van der Waals surface area contributed by atoms with Crippen LogP contribution in [0, 0.1) is 13.8 Å². The summed E-state index contributed by atoms with van der Waals surface area (Å²) in [6.45, 7) is 5.08. The van der Waals surface area contributed by atoms with Crippen LogP contribution >= 0.6 is 0 Å². The second kappa shape index (κ2) is 10.2. The maximum Gasteiger partial charge on any atom is 0.335 e. The first-order chi connectivity index (χ1) is 14.8. The van der Waals surface area contributed by atoms with Crippen molar-refractivity contribution in [3.05, 3.63) is 64.7 Å². The topological polar surface area (TPSA) is 98.7 Å². The van der Waals surface area contributed by atoms with Crippen molar-refractivity contribution in [2.75, 3.05) is 18.4 Å². The van der Waals surface area contributed by atoms with Gasteiger partial charge in [-0.3, -0.25) is 14.5 Å². The van der Waals surface area contributed by atoms with Crippen molar-refractivity contribution in [2.24, 2.45) is 0 Å². The largest absolute Gasteiger partial charge is 0.478 e. The number of benzene rings is 2. The monoisotopic (exact) mass is 423 g/mol. The molecule has 3 rings (SSSR count). The van der Waals surface area contributed by atoms with Gasteiger partial charge in [0.1, 0.15) is 0 Å². The Hall–Kier alpha value is -3.19.